The summed E-state index contributed by atoms with van der Waals surface area (Å²) in [5.74, 6) is 0.487. The first-order chi connectivity index (χ1) is 7.18. The second-order valence-corrected chi connectivity index (χ2v) is 6.10. The van der Waals surface area contributed by atoms with Gasteiger partial charge in [-0.25, -0.2) is 4.79 Å². The molecule has 0 saturated carbocycles. The van der Waals surface area contributed by atoms with E-state index >= 15 is 0 Å². The first kappa shape index (κ1) is 13.3. The molecule has 0 aromatic rings. The highest BCUT2D eigenvalue weighted by Crippen LogP contribution is 2.33. The minimum absolute atomic E-state index is 0.246. The highest BCUT2D eigenvalue weighted by Gasteiger charge is 2.43. The van der Waals surface area contributed by atoms with Crippen LogP contribution in [0.3, 0.4) is 0 Å². The Balaban J connectivity index is 2.75. The SMILES string of the molecule is CC1CN(C(=O)OC(C)(C)C)[C@](C)(CN)C1. The van der Waals surface area contributed by atoms with E-state index in [1.807, 2.05) is 27.7 Å². The second-order valence-electron chi connectivity index (χ2n) is 6.10. The number of hydrogen-bond acceptors (Lipinski definition) is 3. The summed E-state index contributed by atoms with van der Waals surface area (Å²) < 4.78 is 5.40. The molecule has 4 heteroatoms. The second kappa shape index (κ2) is 4.24. The molecule has 1 unspecified atom stereocenters. The van der Waals surface area contributed by atoms with Gasteiger partial charge in [0.15, 0.2) is 0 Å². The van der Waals surface area contributed by atoms with Crippen LogP contribution < -0.4 is 5.73 Å². The summed E-state index contributed by atoms with van der Waals surface area (Å²) in [5.41, 5.74) is 5.08. The smallest absolute Gasteiger partial charge is 0.410 e. The van der Waals surface area contributed by atoms with Gasteiger partial charge >= 0.3 is 6.09 Å². The summed E-state index contributed by atoms with van der Waals surface area (Å²) in [6.07, 6.45) is 0.702. The molecule has 1 rings (SSSR count). The Morgan fingerprint density at radius 1 is 1.56 bits per heavy atom. The molecule has 0 spiro atoms. The number of carbonyl (C=O) groups excluding carboxylic acids is 1. The fourth-order valence-corrected chi connectivity index (χ4v) is 2.26. The Kier molecular flexibility index (Phi) is 3.53. The van der Waals surface area contributed by atoms with Gasteiger partial charge in [0.05, 0.1) is 5.54 Å². The van der Waals surface area contributed by atoms with E-state index in [1.165, 1.54) is 0 Å². The van der Waals surface area contributed by atoms with Crippen molar-refractivity contribution in [2.75, 3.05) is 13.1 Å². The summed E-state index contributed by atoms with van der Waals surface area (Å²) in [7, 11) is 0. The van der Waals surface area contributed by atoms with Crippen LogP contribution in [0.5, 0.6) is 0 Å². The third-order valence-electron chi connectivity index (χ3n) is 2.99. The number of amides is 1. The molecule has 0 aliphatic carbocycles. The predicted octanol–water partition coefficient (Wildman–Crippen LogP) is 1.98. The number of likely N-dealkylation sites (tertiary alicyclic amines) is 1. The lowest BCUT2D eigenvalue weighted by atomic mass is 9.95. The monoisotopic (exact) mass is 228 g/mol. The molecule has 2 N–H and O–H groups in total. The predicted molar refractivity (Wildman–Crippen MR) is 64.2 cm³/mol. The van der Waals surface area contributed by atoms with Crippen LogP contribution in [0.15, 0.2) is 0 Å². The molecular weight excluding hydrogens is 204 g/mol. The molecule has 4 nitrogen and oxygen atoms in total. The molecule has 1 saturated heterocycles. The molecule has 16 heavy (non-hydrogen) atoms. The highest BCUT2D eigenvalue weighted by molar-refractivity contribution is 5.69. The van der Waals surface area contributed by atoms with Crippen LogP contribution in [0.2, 0.25) is 0 Å². The van der Waals surface area contributed by atoms with Gasteiger partial charge in [-0.3, -0.25) is 0 Å². The minimum atomic E-state index is -0.446. The maximum Gasteiger partial charge on any atom is 0.410 e. The van der Waals surface area contributed by atoms with Crippen LogP contribution in [0.4, 0.5) is 4.79 Å². The number of nitrogens with two attached hydrogens (primary N) is 1. The number of carbonyl (C=O) groups is 1. The Bertz CT molecular complexity index is 273. The quantitative estimate of drug-likeness (QED) is 0.746. The van der Waals surface area contributed by atoms with Gasteiger partial charge in [-0.15, -0.1) is 0 Å². The molecule has 94 valence electrons. The number of nitrogens with zero attached hydrogens (tertiary/aromatic N) is 1. The molecule has 2 atom stereocenters. The molecule has 0 radical (unpaired) electrons. The maximum atomic E-state index is 12.0. The van der Waals surface area contributed by atoms with Gasteiger partial charge < -0.3 is 15.4 Å². The molecule has 1 aliphatic rings. The fraction of sp³-hybridized carbons (Fsp3) is 0.917. The van der Waals surface area contributed by atoms with Gasteiger partial charge in [0.1, 0.15) is 5.60 Å². The van der Waals surface area contributed by atoms with E-state index in [0.29, 0.717) is 12.5 Å². The maximum absolute atomic E-state index is 12.0. The molecule has 0 bridgehead atoms. The van der Waals surface area contributed by atoms with Crippen molar-refractivity contribution < 1.29 is 9.53 Å². The standard InChI is InChI=1S/C12H24N2O2/c1-9-6-12(5,8-13)14(7-9)10(15)16-11(2,3)4/h9H,6-8,13H2,1-5H3/t9?,12-/m0/s1. The molecular formula is C12H24N2O2. The first-order valence-corrected chi connectivity index (χ1v) is 5.89. The zero-order chi connectivity index (χ0) is 12.6. The van der Waals surface area contributed by atoms with Gasteiger partial charge in [0.2, 0.25) is 0 Å². The first-order valence-electron chi connectivity index (χ1n) is 5.89. The average molecular weight is 228 g/mol. The lowest BCUT2D eigenvalue weighted by molar-refractivity contribution is 0.0117. The minimum Gasteiger partial charge on any atom is -0.444 e. The van der Waals surface area contributed by atoms with Crippen LogP contribution in [0.1, 0.15) is 41.0 Å². The zero-order valence-corrected chi connectivity index (χ0v) is 11.0. The van der Waals surface area contributed by atoms with Gasteiger partial charge in [-0.2, -0.15) is 0 Å². The third kappa shape index (κ3) is 2.88. The molecule has 0 aromatic heterocycles. The van der Waals surface area contributed by atoms with Crippen LogP contribution in [-0.4, -0.2) is 35.2 Å². The van der Waals surface area contributed by atoms with Crippen LogP contribution >= 0.6 is 0 Å². The average Bonchev–Trinajstić information content (AvgIpc) is 2.40. The molecule has 1 fully saturated rings. The van der Waals surface area contributed by atoms with E-state index in [2.05, 4.69) is 6.92 Å². The van der Waals surface area contributed by atoms with Crippen molar-refractivity contribution in [2.45, 2.75) is 52.2 Å². The van der Waals surface area contributed by atoms with Crippen LogP contribution in [0, 0.1) is 5.92 Å². The summed E-state index contributed by atoms with van der Waals surface area (Å²) in [4.78, 5) is 13.8. The highest BCUT2D eigenvalue weighted by atomic mass is 16.6. The van der Waals surface area contributed by atoms with Crippen molar-refractivity contribution in [3.05, 3.63) is 0 Å². The summed E-state index contributed by atoms with van der Waals surface area (Å²) >= 11 is 0. The van der Waals surface area contributed by atoms with E-state index in [1.54, 1.807) is 4.90 Å². The Morgan fingerprint density at radius 2 is 2.12 bits per heavy atom. The Morgan fingerprint density at radius 3 is 2.56 bits per heavy atom. The number of hydrogen-bond donors (Lipinski definition) is 1. The molecule has 1 heterocycles. The Labute approximate surface area is 98.1 Å². The van der Waals surface area contributed by atoms with E-state index in [9.17, 15) is 4.79 Å². The van der Waals surface area contributed by atoms with Crippen molar-refractivity contribution in [1.82, 2.24) is 4.90 Å². The lowest BCUT2D eigenvalue weighted by Gasteiger charge is -2.35. The van der Waals surface area contributed by atoms with Crippen molar-refractivity contribution >= 4 is 6.09 Å². The molecule has 0 aromatic carbocycles. The third-order valence-corrected chi connectivity index (χ3v) is 2.99. The number of ether oxygens (including phenoxy) is 1. The Hall–Kier alpha value is -0.770. The van der Waals surface area contributed by atoms with Crippen molar-refractivity contribution in [3.8, 4) is 0 Å². The molecule has 1 amide bonds. The lowest BCUT2D eigenvalue weighted by Crippen LogP contribution is -2.51. The zero-order valence-electron chi connectivity index (χ0n) is 11.0. The largest absolute Gasteiger partial charge is 0.444 e. The van der Waals surface area contributed by atoms with Gasteiger partial charge in [-0.05, 0) is 40.0 Å². The van der Waals surface area contributed by atoms with Crippen LogP contribution in [0.25, 0.3) is 0 Å². The normalized spacial score (nSPS) is 30.6. The summed E-state index contributed by atoms with van der Waals surface area (Å²) in [6.45, 7) is 11.0. The van der Waals surface area contributed by atoms with Gasteiger partial charge in [0, 0.05) is 13.1 Å². The van der Waals surface area contributed by atoms with Crippen LogP contribution in [-0.2, 0) is 4.74 Å². The van der Waals surface area contributed by atoms with Crippen molar-refractivity contribution in [3.63, 3.8) is 0 Å². The number of rotatable bonds is 1. The van der Waals surface area contributed by atoms with Crippen molar-refractivity contribution in [1.29, 1.82) is 0 Å². The van der Waals surface area contributed by atoms with E-state index in [-0.39, 0.29) is 11.6 Å². The fourth-order valence-electron chi connectivity index (χ4n) is 2.26. The van der Waals surface area contributed by atoms with E-state index in [0.717, 1.165) is 13.0 Å². The van der Waals surface area contributed by atoms with Gasteiger partial charge in [-0.1, -0.05) is 6.92 Å². The summed E-state index contributed by atoms with van der Waals surface area (Å²) in [5, 5.41) is 0. The topological polar surface area (TPSA) is 55.6 Å². The van der Waals surface area contributed by atoms with E-state index < -0.39 is 5.60 Å². The van der Waals surface area contributed by atoms with E-state index in [4.69, 9.17) is 10.5 Å². The molecule has 1 aliphatic heterocycles. The summed E-state index contributed by atoms with van der Waals surface area (Å²) in [6, 6.07) is 0. The van der Waals surface area contributed by atoms with Gasteiger partial charge in [0.25, 0.3) is 0 Å². The van der Waals surface area contributed by atoms with Crippen molar-refractivity contribution in [2.24, 2.45) is 11.7 Å².